The van der Waals surface area contributed by atoms with Crippen LogP contribution in [-0.4, -0.2) is 31.8 Å². The summed E-state index contributed by atoms with van der Waals surface area (Å²) in [7, 11) is 2.83. The second kappa shape index (κ2) is 7.32. The molecule has 8 nitrogen and oxygen atoms in total. The van der Waals surface area contributed by atoms with Gasteiger partial charge in [-0.3, -0.25) is 10.1 Å². The maximum absolute atomic E-state index is 11.2. The van der Waals surface area contributed by atoms with E-state index in [2.05, 4.69) is 5.32 Å². The van der Waals surface area contributed by atoms with Crippen LogP contribution in [0, 0.1) is 10.1 Å². The molecule has 0 fully saturated rings. The fourth-order valence-electron chi connectivity index (χ4n) is 1.76. The minimum Gasteiger partial charge on any atom is -0.493 e. The van der Waals surface area contributed by atoms with Crippen molar-refractivity contribution in [2.45, 2.75) is 20.0 Å². The molecule has 1 amide bonds. The molecule has 0 radical (unpaired) electrons. The van der Waals surface area contributed by atoms with E-state index in [1.54, 1.807) is 6.92 Å². The Morgan fingerprint density at radius 1 is 1.43 bits per heavy atom. The van der Waals surface area contributed by atoms with Gasteiger partial charge in [-0.05, 0) is 19.9 Å². The van der Waals surface area contributed by atoms with Gasteiger partial charge in [-0.25, -0.2) is 4.79 Å². The Kier molecular flexibility index (Phi) is 5.77. The Morgan fingerprint density at radius 2 is 2.10 bits per heavy atom. The van der Waals surface area contributed by atoms with E-state index in [4.69, 9.17) is 14.2 Å². The maximum atomic E-state index is 11.2. The highest BCUT2D eigenvalue weighted by atomic mass is 16.6. The number of hydrogen-bond donors (Lipinski definition) is 1. The predicted molar refractivity (Wildman–Crippen MR) is 74.8 cm³/mol. The molecule has 21 heavy (non-hydrogen) atoms. The number of nitrogens with one attached hydrogen (secondary N) is 1. The smallest absolute Gasteiger partial charge is 0.407 e. The van der Waals surface area contributed by atoms with E-state index >= 15 is 0 Å². The Hall–Kier alpha value is -2.51. The van der Waals surface area contributed by atoms with Crippen LogP contribution < -0.4 is 14.8 Å². The molecule has 116 valence electrons. The minimum atomic E-state index is -0.810. The van der Waals surface area contributed by atoms with Crippen molar-refractivity contribution in [1.29, 1.82) is 0 Å². The Labute approximate surface area is 122 Å². The molecule has 0 aliphatic carbocycles. The van der Waals surface area contributed by atoms with Crippen LogP contribution in [0.3, 0.4) is 0 Å². The van der Waals surface area contributed by atoms with Crippen LogP contribution in [0.1, 0.15) is 25.5 Å². The highest BCUT2D eigenvalue weighted by Gasteiger charge is 2.25. The van der Waals surface area contributed by atoms with Crippen LogP contribution >= 0.6 is 0 Å². The Balaban J connectivity index is 3.28. The molecule has 1 aromatic carbocycles. The number of hydrogen-bond acceptors (Lipinski definition) is 6. The normalized spacial score (nSPS) is 11.4. The molecule has 0 aliphatic heterocycles. The standard InChI is InChI=1S/C13H18N2O6/c1-5-20-12-7-10(15(17)18)9(6-11(12)19-4)8(2)21-13(16)14-3/h6-8H,5H2,1-4H3,(H,14,16). The number of carbonyl (C=O) groups excluding carboxylic acids is 1. The second-order valence-corrected chi connectivity index (χ2v) is 4.05. The van der Waals surface area contributed by atoms with Crippen molar-refractivity contribution in [2.75, 3.05) is 20.8 Å². The molecular formula is C13H18N2O6. The number of amides is 1. The topological polar surface area (TPSA) is 99.9 Å². The lowest BCUT2D eigenvalue weighted by atomic mass is 10.1. The third kappa shape index (κ3) is 3.98. The summed E-state index contributed by atoms with van der Waals surface area (Å²) < 4.78 is 15.5. The van der Waals surface area contributed by atoms with E-state index in [1.165, 1.54) is 33.2 Å². The number of benzene rings is 1. The van der Waals surface area contributed by atoms with Crippen LogP contribution in [0.25, 0.3) is 0 Å². The first-order chi connectivity index (χ1) is 9.94. The van der Waals surface area contributed by atoms with Gasteiger partial charge in [0.05, 0.1) is 30.3 Å². The summed E-state index contributed by atoms with van der Waals surface area (Å²) in [4.78, 5) is 21.9. The van der Waals surface area contributed by atoms with Gasteiger partial charge in [-0.1, -0.05) is 0 Å². The Bertz CT molecular complexity index is 532. The van der Waals surface area contributed by atoms with Crippen molar-refractivity contribution >= 4 is 11.8 Å². The van der Waals surface area contributed by atoms with Gasteiger partial charge in [0.15, 0.2) is 11.5 Å². The molecule has 1 unspecified atom stereocenters. The first-order valence-corrected chi connectivity index (χ1v) is 6.32. The molecule has 0 bridgehead atoms. The van der Waals surface area contributed by atoms with Gasteiger partial charge < -0.3 is 19.5 Å². The summed E-state index contributed by atoms with van der Waals surface area (Å²) in [5, 5.41) is 13.5. The van der Waals surface area contributed by atoms with Gasteiger partial charge in [0.25, 0.3) is 5.69 Å². The zero-order valence-electron chi connectivity index (χ0n) is 12.3. The first kappa shape index (κ1) is 16.5. The lowest BCUT2D eigenvalue weighted by Crippen LogP contribution is -2.21. The summed E-state index contributed by atoms with van der Waals surface area (Å²) in [5.74, 6) is 0.604. The number of nitro groups is 1. The number of alkyl carbamates (subject to hydrolysis) is 1. The van der Waals surface area contributed by atoms with E-state index in [0.717, 1.165) is 0 Å². The van der Waals surface area contributed by atoms with Crippen LogP contribution in [0.15, 0.2) is 12.1 Å². The van der Waals surface area contributed by atoms with E-state index in [1.807, 2.05) is 0 Å². The van der Waals surface area contributed by atoms with Crippen LogP contribution in [0.4, 0.5) is 10.5 Å². The van der Waals surface area contributed by atoms with Crippen molar-refractivity contribution in [1.82, 2.24) is 5.32 Å². The van der Waals surface area contributed by atoms with Crippen LogP contribution in [0.2, 0.25) is 0 Å². The van der Waals surface area contributed by atoms with Crippen molar-refractivity contribution in [3.05, 3.63) is 27.8 Å². The largest absolute Gasteiger partial charge is 0.493 e. The third-order valence-corrected chi connectivity index (χ3v) is 2.74. The molecule has 1 N–H and O–H groups in total. The van der Waals surface area contributed by atoms with Crippen LogP contribution in [-0.2, 0) is 4.74 Å². The highest BCUT2D eigenvalue weighted by molar-refractivity contribution is 5.67. The average molecular weight is 298 g/mol. The number of carbonyl (C=O) groups is 1. The number of nitrogens with zero attached hydrogens (tertiary/aromatic N) is 1. The van der Waals surface area contributed by atoms with Gasteiger partial charge in [-0.2, -0.15) is 0 Å². The number of ether oxygens (including phenoxy) is 3. The minimum absolute atomic E-state index is 0.198. The van der Waals surface area contributed by atoms with Gasteiger partial charge in [0.2, 0.25) is 0 Å². The summed E-state index contributed by atoms with van der Waals surface area (Å²) in [6.07, 6.45) is -1.49. The predicted octanol–water partition coefficient (Wildman–Crippen LogP) is 2.42. The number of rotatable bonds is 6. The molecule has 1 atom stereocenters. The van der Waals surface area contributed by atoms with Gasteiger partial charge in [0.1, 0.15) is 6.10 Å². The van der Waals surface area contributed by atoms with Gasteiger partial charge >= 0.3 is 6.09 Å². The van der Waals surface area contributed by atoms with Crippen molar-refractivity contribution < 1.29 is 23.9 Å². The molecule has 0 aromatic heterocycles. The van der Waals surface area contributed by atoms with Crippen molar-refractivity contribution in [3.63, 3.8) is 0 Å². The zero-order valence-corrected chi connectivity index (χ0v) is 12.3. The molecule has 0 spiro atoms. The molecule has 1 rings (SSSR count). The summed E-state index contributed by atoms with van der Waals surface area (Å²) in [6, 6.07) is 2.71. The molecule has 0 saturated heterocycles. The maximum Gasteiger partial charge on any atom is 0.407 e. The van der Waals surface area contributed by atoms with E-state index < -0.39 is 17.1 Å². The average Bonchev–Trinajstić information content (AvgIpc) is 2.46. The molecule has 8 heteroatoms. The summed E-state index contributed by atoms with van der Waals surface area (Å²) >= 11 is 0. The SMILES string of the molecule is CCOc1cc([N+](=O)[O-])c(C(C)OC(=O)NC)cc1OC. The lowest BCUT2D eigenvalue weighted by Gasteiger charge is -2.16. The van der Waals surface area contributed by atoms with E-state index in [-0.39, 0.29) is 17.0 Å². The molecular weight excluding hydrogens is 280 g/mol. The van der Waals surface area contributed by atoms with Crippen LogP contribution in [0.5, 0.6) is 11.5 Å². The fraction of sp³-hybridized carbons (Fsp3) is 0.462. The zero-order chi connectivity index (χ0) is 16.0. The lowest BCUT2D eigenvalue weighted by molar-refractivity contribution is -0.386. The van der Waals surface area contributed by atoms with Crippen molar-refractivity contribution in [2.24, 2.45) is 0 Å². The number of nitro benzene ring substituents is 1. The molecule has 0 saturated carbocycles. The summed E-state index contributed by atoms with van der Waals surface area (Å²) in [5.41, 5.74) is 0.0274. The third-order valence-electron chi connectivity index (χ3n) is 2.74. The monoisotopic (exact) mass is 298 g/mol. The molecule has 0 heterocycles. The van der Waals surface area contributed by atoms with E-state index in [0.29, 0.717) is 12.4 Å². The first-order valence-electron chi connectivity index (χ1n) is 6.32. The molecule has 0 aliphatic rings. The fourth-order valence-corrected chi connectivity index (χ4v) is 1.76. The van der Waals surface area contributed by atoms with Gasteiger partial charge in [0, 0.05) is 7.05 Å². The highest BCUT2D eigenvalue weighted by Crippen LogP contribution is 2.38. The van der Waals surface area contributed by atoms with Crippen molar-refractivity contribution in [3.8, 4) is 11.5 Å². The van der Waals surface area contributed by atoms with Gasteiger partial charge in [-0.15, -0.1) is 0 Å². The quantitative estimate of drug-likeness (QED) is 0.639. The number of methoxy groups -OCH3 is 1. The summed E-state index contributed by atoms with van der Waals surface area (Å²) in [6.45, 7) is 3.64. The Morgan fingerprint density at radius 3 is 2.57 bits per heavy atom. The second-order valence-electron chi connectivity index (χ2n) is 4.05. The molecule has 1 aromatic rings. The van der Waals surface area contributed by atoms with E-state index in [9.17, 15) is 14.9 Å².